The molecule has 0 aromatic heterocycles. The molecule has 0 fully saturated rings. The fourth-order valence-corrected chi connectivity index (χ4v) is 7.33. The Kier molecular flexibility index (Phi) is 50.4. The summed E-state index contributed by atoms with van der Waals surface area (Å²) in [6.07, 6.45) is 68.7. The summed E-state index contributed by atoms with van der Waals surface area (Å²) in [6, 6.07) is 0. The Morgan fingerprint density at radius 3 is 1.08 bits per heavy atom. The molecule has 0 aromatic carbocycles. The maximum Gasteiger partial charge on any atom is 0.306 e. The Balaban J connectivity index is 4.46. The number of carbonyl (C=O) groups excluding carboxylic acids is 3. The Labute approximate surface area is 401 Å². The zero-order valence-corrected chi connectivity index (χ0v) is 42.5. The highest BCUT2D eigenvalue weighted by molar-refractivity contribution is 5.71. The van der Waals surface area contributed by atoms with Gasteiger partial charge in [-0.05, 0) is 77.0 Å². The highest BCUT2D eigenvalue weighted by Crippen LogP contribution is 2.15. The van der Waals surface area contributed by atoms with Crippen LogP contribution in [0, 0.1) is 0 Å². The first kappa shape index (κ1) is 61.6. The minimum absolute atomic E-state index is 0.103. The van der Waals surface area contributed by atoms with Crippen molar-refractivity contribution in [3.63, 3.8) is 0 Å². The van der Waals surface area contributed by atoms with Crippen LogP contribution >= 0.6 is 0 Å². The van der Waals surface area contributed by atoms with Crippen LogP contribution in [0.15, 0.2) is 85.1 Å². The number of carbonyl (C=O) groups is 3. The maximum atomic E-state index is 12.8. The van der Waals surface area contributed by atoms with E-state index < -0.39 is 6.10 Å². The van der Waals surface area contributed by atoms with Gasteiger partial charge in [0.1, 0.15) is 13.2 Å². The summed E-state index contributed by atoms with van der Waals surface area (Å²) < 4.78 is 16.7. The quantitative estimate of drug-likeness (QED) is 0.0262. The molecular formula is C59H100O6. The van der Waals surface area contributed by atoms with Crippen molar-refractivity contribution < 1.29 is 28.6 Å². The van der Waals surface area contributed by atoms with E-state index in [2.05, 4.69) is 99.8 Å². The van der Waals surface area contributed by atoms with Gasteiger partial charge < -0.3 is 14.2 Å². The monoisotopic (exact) mass is 905 g/mol. The molecule has 65 heavy (non-hydrogen) atoms. The van der Waals surface area contributed by atoms with Gasteiger partial charge in [0.25, 0.3) is 0 Å². The third-order valence-corrected chi connectivity index (χ3v) is 11.4. The summed E-state index contributed by atoms with van der Waals surface area (Å²) in [7, 11) is 0. The van der Waals surface area contributed by atoms with Gasteiger partial charge in [0.05, 0.1) is 0 Å². The van der Waals surface area contributed by atoms with Crippen LogP contribution in [-0.2, 0) is 28.6 Å². The first-order valence-corrected chi connectivity index (χ1v) is 27.1. The van der Waals surface area contributed by atoms with Gasteiger partial charge in [-0.1, -0.05) is 241 Å². The topological polar surface area (TPSA) is 78.9 Å². The predicted molar refractivity (Wildman–Crippen MR) is 279 cm³/mol. The molecule has 0 aliphatic heterocycles. The van der Waals surface area contributed by atoms with Crippen LogP contribution in [0.4, 0.5) is 0 Å². The fraction of sp³-hybridized carbons (Fsp3) is 0.712. The predicted octanol–water partition coefficient (Wildman–Crippen LogP) is 18.0. The second-order valence-corrected chi connectivity index (χ2v) is 17.8. The van der Waals surface area contributed by atoms with E-state index >= 15 is 0 Å². The Bertz CT molecular complexity index is 1270. The van der Waals surface area contributed by atoms with Crippen LogP contribution in [0.25, 0.3) is 0 Å². The molecule has 0 rings (SSSR count). The molecule has 372 valence electrons. The highest BCUT2D eigenvalue weighted by Gasteiger charge is 2.19. The van der Waals surface area contributed by atoms with Crippen molar-refractivity contribution in [2.75, 3.05) is 13.2 Å². The Morgan fingerprint density at radius 1 is 0.323 bits per heavy atom. The summed E-state index contributed by atoms with van der Waals surface area (Å²) in [5.74, 6) is -0.996. The van der Waals surface area contributed by atoms with Crippen LogP contribution in [-0.4, -0.2) is 37.2 Å². The summed E-state index contributed by atoms with van der Waals surface area (Å²) in [5, 5.41) is 0. The molecule has 0 saturated heterocycles. The third kappa shape index (κ3) is 51.4. The van der Waals surface area contributed by atoms with Crippen molar-refractivity contribution in [1.29, 1.82) is 0 Å². The molecule has 0 bridgehead atoms. The van der Waals surface area contributed by atoms with E-state index in [1.807, 2.05) is 6.08 Å². The van der Waals surface area contributed by atoms with Crippen molar-refractivity contribution in [3.8, 4) is 0 Å². The van der Waals surface area contributed by atoms with Crippen molar-refractivity contribution in [1.82, 2.24) is 0 Å². The molecule has 0 heterocycles. The van der Waals surface area contributed by atoms with Gasteiger partial charge in [-0.2, -0.15) is 0 Å². The number of hydrogen-bond donors (Lipinski definition) is 0. The van der Waals surface area contributed by atoms with Gasteiger partial charge in [0.15, 0.2) is 6.10 Å². The summed E-state index contributed by atoms with van der Waals surface area (Å²) in [4.78, 5) is 38.0. The zero-order valence-electron chi connectivity index (χ0n) is 42.5. The molecule has 1 atom stereocenters. The number of rotatable bonds is 48. The normalized spacial score (nSPS) is 12.7. The molecule has 0 aromatic rings. The number of esters is 3. The van der Waals surface area contributed by atoms with Crippen molar-refractivity contribution in [2.24, 2.45) is 0 Å². The summed E-state index contributed by atoms with van der Waals surface area (Å²) in [6.45, 7) is 6.42. The number of unbranched alkanes of at least 4 members (excludes halogenated alkanes) is 23. The maximum absolute atomic E-state index is 12.8. The lowest BCUT2D eigenvalue weighted by molar-refractivity contribution is -0.166. The summed E-state index contributed by atoms with van der Waals surface area (Å²) in [5.41, 5.74) is 0. The van der Waals surface area contributed by atoms with Crippen molar-refractivity contribution in [2.45, 2.75) is 258 Å². The number of allylic oxidation sites excluding steroid dienone is 14. The van der Waals surface area contributed by atoms with Gasteiger partial charge in [0, 0.05) is 19.3 Å². The van der Waals surface area contributed by atoms with Gasteiger partial charge in [0.2, 0.25) is 0 Å². The third-order valence-electron chi connectivity index (χ3n) is 11.4. The number of ether oxygens (including phenoxy) is 3. The minimum Gasteiger partial charge on any atom is -0.462 e. The molecule has 0 aliphatic rings. The molecule has 6 nitrogen and oxygen atoms in total. The lowest BCUT2D eigenvalue weighted by Crippen LogP contribution is -2.30. The molecule has 0 amide bonds. The van der Waals surface area contributed by atoms with Gasteiger partial charge in [-0.15, -0.1) is 0 Å². The van der Waals surface area contributed by atoms with Gasteiger partial charge in [-0.25, -0.2) is 0 Å². The van der Waals surface area contributed by atoms with E-state index in [9.17, 15) is 14.4 Å². The average molecular weight is 905 g/mol. The molecule has 0 saturated carbocycles. The molecule has 0 N–H and O–H groups in total. The minimum atomic E-state index is -0.808. The molecule has 0 radical (unpaired) electrons. The van der Waals surface area contributed by atoms with Crippen molar-refractivity contribution in [3.05, 3.63) is 85.1 Å². The van der Waals surface area contributed by atoms with E-state index in [-0.39, 0.29) is 37.5 Å². The van der Waals surface area contributed by atoms with Crippen LogP contribution in [0.2, 0.25) is 0 Å². The Hall–Kier alpha value is -3.41. The van der Waals surface area contributed by atoms with E-state index in [4.69, 9.17) is 14.2 Å². The van der Waals surface area contributed by atoms with Crippen LogP contribution in [0.3, 0.4) is 0 Å². The van der Waals surface area contributed by atoms with Gasteiger partial charge in [-0.3, -0.25) is 14.4 Å². The number of hydrogen-bond acceptors (Lipinski definition) is 6. The molecule has 0 spiro atoms. The largest absolute Gasteiger partial charge is 0.462 e. The van der Waals surface area contributed by atoms with Crippen LogP contribution in [0.5, 0.6) is 0 Å². The van der Waals surface area contributed by atoms with Crippen LogP contribution in [0.1, 0.15) is 252 Å². The lowest BCUT2D eigenvalue weighted by atomic mass is 10.0. The van der Waals surface area contributed by atoms with E-state index in [0.29, 0.717) is 19.3 Å². The molecule has 0 unspecified atom stereocenters. The summed E-state index contributed by atoms with van der Waals surface area (Å²) >= 11 is 0. The first-order chi connectivity index (χ1) is 32.0. The van der Waals surface area contributed by atoms with E-state index in [0.717, 1.165) is 89.9 Å². The van der Waals surface area contributed by atoms with E-state index in [1.165, 1.54) is 116 Å². The SMILES string of the molecule is CC/C=C\C/C=C\C/C=C\C/C=C\C/C=C\C/C=C\CCC(=O)OC[C@@H](COC(=O)CCCCCCC/C=C\CCCC)OC(=O)CCCCCCCCCCCCCCCCCCC. The van der Waals surface area contributed by atoms with Crippen LogP contribution < -0.4 is 0 Å². The average Bonchev–Trinajstić information content (AvgIpc) is 3.30. The molecule has 0 aliphatic carbocycles. The molecular weight excluding hydrogens is 805 g/mol. The Morgan fingerprint density at radius 2 is 0.646 bits per heavy atom. The fourth-order valence-electron chi connectivity index (χ4n) is 7.33. The second kappa shape index (κ2) is 53.2. The molecule has 6 heteroatoms. The van der Waals surface area contributed by atoms with E-state index in [1.54, 1.807) is 0 Å². The smallest absolute Gasteiger partial charge is 0.306 e. The zero-order chi connectivity index (χ0) is 47.2. The van der Waals surface area contributed by atoms with Gasteiger partial charge >= 0.3 is 17.9 Å². The lowest BCUT2D eigenvalue weighted by Gasteiger charge is -2.18. The second-order valence-electron chi connectivity index (χ2n) is 17.8. The highest BCUT2D eigenvalue weighted by atomic mass is 16.6. The van der Waals surface area contributed by atoms with Crippen molar-refractivity contribution >= 4 is 17.9 Å². The first-order valence-electron chi connectivity index (χ1n) is 27.1. The standard InChI is InChI=1S/C59H100O6/c1-4-7-10-13-16-19-22-24-26-28-29-31-32-34-37-40-43-46-49-52-58(61)64-55-56(54-63-57(60)51-48-45-42-39-36-21-18-15-12-9-6-3)65-59(62)53-50-47-44-41-38-35-33-30-27-25-23-20-17-14-11-8-5-2/h7,10,15-16,18-19,24,26,29,31,34,37,43,46,56H,4-6,8-9,11-14,17,20-23,25,27-28,30,32-33,35-36,38-42,44-45,47-55H2,1-3H3/b10-7-,18-15-,19-16-,26-24-,31-29-,37-34-,46-43-/t56-/m1/s1.